The number of ether oxygens (including phenoxy) is 1. The maximum atomic E-state index is 12.8. The lowest BCUT2D eigenvalue weighted by atomic mass is 10.1. The van der Waals surface area contributed by atoms with Crippen LogP contribution in [0.3, 0.4) is 0 Å². The van der Waals surface area contributed by atoms with Crippen molar-refractivity contribution in [1.29, 1.82) is 0 Å². The second-order valence-corrected chi connectivity index (χ2v) is 4.10. The van der Waals surface area contributed by atoms with E-state index in [0.717, 1.165) is 5.56 Å². The summed E-state index contributed by atoms with van der Waals surface area (Å²) in [7, 11) is 0. The highest BCUT2D eigenvalue weighted by atomic mass is 19.1. The van der Waals surface area contributed by atoms with Crippen molar-refractivity contribution >= 4 is 5.69 Å². The van der Waals surface area contributed by atoms with Crippen LogP contribution in [0.5, 0.6) is 5.75 Å². The first-order chi connectivity index (χ1) is 9.72. The summed E-state index contributed by atoms with van der Waals surface area (Å²) < 4.78 is 18.3. The van der Waals surface area contributed by atoms with Gasteiger partial charge in [0.15, 0.2) is 5.69 Å². The minimum atomic E-state index is -0.498. The van der Waals surface area contributed by atoms with Crippen LogP contribution in [0, 0.1) is 12.4 Å². The van der Waals surface area contributed by atoms with Crippen molar-refractivity contribution in [2.24, 2.45) is 5.90 Å². The SMILES string of the molecule is [C-]#[N+]c1cccc(C(COc2ccc(F)cc2)ON)c1. The molecule has 0 spiro atoms. The van der Waals surface area contributed by atoms with Crippen LogP contribution >= 0.6 is 0 Å². The Bertz CT molecular complexity index is 608. The predicted molar refractivity (Wildman–Crippen MR) is 72.6 cm³/mol. The van der Waals surface area contributed by atoms with Crippen molar-refractivity contribution in [3.63, 3.8) is 0 Å². The van der Waals surface area contributed by atoms with Crippen molar-refractivity contribution < 1.29 is 14.0 Å². The molecule has 20 heavy (non-hydrogen) atoms. The first-order valence-corrected chi connectivity index (χ1v) is 5.94. The summed E-state index contributed by atoms with van der Waals surface area (Å²) in [5.41, 5.74) is 1.26. The van der Waals surface area contributed by atoms with E-state index in [0.29, 0.717) is 11.4 Å². The van der Waals surface area contributed by atoms with Crippen molar-refractivity contribution in [3.05, 3.63) is 71.3 Å². The van der Waals surface area contributed by atoms with E-state index in [9.17, 15) is 4.39 Å². The van der Waals surface area contributed by atoms with Crippen LogP contribution in [0.15, 0.2) is 48.5 Å². The van der Waals surface area contributed by atoms with Gasteiger partial charge in [0.05, 0.1) is 6.57 Å². The molecule has 102 valence electrons. The van der Waals surface area contributed by atoms with Gasteiger partial charge in [-0.05, 0) is 29.8 Å². The molecule has 2 aromatic carbocycles. The number of benzene rings is 2. The highest BCUT2D eigenvalue weighted by molar-refractivity contribution is 5.47. The van der Waals surface area contributed by atoms with E-state index in [1.54, 1.807) is 24.3 Å². The summed E-state index contributed by atoms with van der Waals surface area (Å²) in [5, 5.41) is 0. The monoisotopic (exact) mass is 272 g/mol. The molecule has 4 nitrogen and oxygen atoms in total. The van der Waals surface area contributed by atoms with E-state index >= 15 is 0 Å². The highest BCUT2D eigenvalue weighted by Crippen LogP contribution is 2.22. The summed E-state index contributed by atoms with van der Waals surface area (Å²) in [4.78, 5) is 8.23. The average Bonchev–Trinajstić information content (AvgIpc) is 2.50. The van der Waals surface area contributed by atoms with E-state index in [2.05, 4.69) is 4.85 Å². The fourth-order valence-corrected chi connectivity index (χ4v) is 1.71. The van der Waals surface area contributed by atoms with Gasteiger partial charge in [-0.25, -0.2) is 15.1 Å². The highest BCUT2D eigenvalue weighted by Gasteiger charge is 2.12. The molecule has 0 saturated heterocycles. The van der Waals surface area contributed by atoms with Gasteiger partial charge in [-0.1, -0.05) is 24.3 Å². The molecule has 0 radical (unpaired) electrons. The molecule has 2 aromatic rings. The second kappa shape index (κ2) is 6.66. The number of halogens is 1. The van der Waals surface area contributed by atoms with Crippen molar-refractivity contribution in [1.82, 2.24) is 0 Å². The molecule has 1 unspecified atom stereocenters. The van der Waals surface area contributed by atoms with Crippen LogP contribution in [0.1, 0.15) is 11.7 Å². The first-order valence-electron chi connectivity index (χ1n) is 5.94. The molecule has 2 N–H and O–H groups in total. The van der Waals surface area contributed by atoms with Crippen molar-refractivity contribution in [3.8, 4) is 5.75 Å². The Balaban J connectivity index is 2.05. The molecule has 0 amide bonds. The zero-order chi connectivity index (χ0) is 14.4. The first kappa shape index (κ1) is 14.0. The van der Waals surface area contributed by atoms with Gasteiger partial charge in [0.2, 0.25) is 0 Å². The summed E-state index contributed by atoms with van der Waals surface area (Å²) in [6, 6.07) is 12.6. The summed E-state index contributed by atoms with van der Waals surface area (Å²) in [6.45, 7) is 7.15. The third-order valence-electron chi connectivity index (χ3n) is 2.75. The fourth-order valence-electron chi connectivity index (χ4n) is 1.71. The number of rotatable bonds is 5. The molecule has 0 heterocycles. The quantitative estimate of drug-likeness (QED) is 0.670. The lowest BCUT2D eigenvalue weighted by molar-refractivity contribution is 0.0182. The number of nitrogens with zero attached hydrogens (tertiary/aromatic N) is 1. The van der Waals surface area contributed by atoms with Crippen LogP contribution in [0.2, 0.25) is 0 Å². The average molecular weight is 272 g/mol. The van der Waals surface area contributed by atoms with E-state index < -0.39 is 6.10 Å². The van der Waals surface area contributed by atoms with Gasteiger partial charge in [-0.2, -0.15) is 0 Å². The van der Waals surface area contributed by atoms with Gasteiger partial charge in [0, 0.05) is 0 Å². The lowest BCUT2D eigenvalue weighted by Gasteiger charge is -2.16. The van der Waals surface area contributed by atoms with Crippen LogP contribution in [0.25, 0.3) is 4.85 Å². The van der Waals surface area contributed by atoms with Gasteiger partial charge in [0.1, 0.15) is 24.3 Å². The van der Waals surface area contributed by atoms with E-state index in [1.807, 2.05) is 0 Å². The topological polar surface area (TPSA) is 48.8 Å². The molecular weight excluding hydrogens is 259 g/mol. The largest absolute Gasteiger partial charge is 0.490 e. The zero-order valence-corrected chi connectivity index (χ0v) is 10.6. The van der Waals surface area contributed by atoms with Crippen molar-refractivity contribution in [2.75, 3.05) is 6.61 Å². The fraction of sp³-hybridized carbons (Fsp3) is 0.133. The molecule has 1 atom stereocenters. The molecule has 0 aliphatic heterocycles. The number of hydrogen-bond acceptors (Lipinski definition) is 3. The molecular formula is C15H13FN2O2. The standard InChI is InChI=1S/C15H13FN2O2/c1-18-13-4-2-3-11(9-13)15(20-17)10-19-14-7-5-12(16)6-8-14/h2-9,15H,10,17H2. The zero-order valence-electron chi connectivity index (χ0n) is 10.6. The third kappa shape index (κ3) is 3.54. The molecule has 0 aliphatic rings. The normalized spacial score (nSPS) is 11.7. The van der Waals surface area contributed by atoms with Gasteiger partial charge < -0.3 is 4.74 Å². The van der Waals surface area contributed by atoms with Gasteiger partial charge in [-0.15, -0.1) is 0 Å². The summed E-state index contributed by atoms with van der Waals surface area (Å²) in [6.07, 6.45) is -0.498. The maximum absolute atomic E-state index is 12.8. The van der Waals surface area contributed by atoms with Crippen LogP contribution in [0.4, 0.5) is 10.1 Å². The van der Waals surface area contributed by atoms with Crippen LogP contribution in [-0.2, 0) is 4.84 Å². The molecule has 5 heteroatoms. The van der Waals surface area contributed by atoms with E-state index in [-0.39, 0.29) is 12.4 Å². The van der Waals surface area contributed by atoms with Gasteiger partial charge in [0.25, 0.3) is 0 Å². The Morgan fingerprint density at radius 1 is 1.20 bits per heavy atom. The smallest absolute Gasteiger partial charge is 0.187 e. The Hall–Kier alpha value is -2.42. The minimum Gasteiger partial charge on any atom is -0.490 e. The van der Waals surface area contributed by atoms with E-state index in [4.69, 9.17) is 22.0 Å². The maximum Gasteiger partial charge on any atom is 0.187 e. The van der Waals surface area contributed by atoms with Crippen LogP contribution in [-0.4, -0.2) is 6.61 Å². The van der Waals surface area contributed by atoms with Crippen LogP contribution < -0.4 is 10.6 Å². The van der Waals surface area contributed by atoms with Gasteiger partial charge in [-0.3, -0.25) is 4.84 Å². The minimum absolute atomic E-state index is 0.170. The molecule has 2 rings (SSSR count). The Labute approximate surface area is 116 Å². The molecule has 0 aromatic heterocycles. The summed E-state index contributed by atoms with van der Waals surface area (Å²) >= 11 is 0. The molecule has 0 bridgehead atoms. The third-order valence-corrected chi connectivity index (χ3v) is 2.75. The summed E-state index contributed by atoms with van der Waals surface area (Å²) in [5.74, 6) is 5.46. The van der Waals surface area contributed by atoms with E-state index in [1.165, 1.54) is 24.3 Å². The second-order valence-electron chi connectivity index (χ2n) is 4.10. The Morgan fingerprint density at radius 2 is 1.95 bits per heavy atom. The Kier molecular flexibility index (Phi) is 4.66. The Morgan fingerprint density at radius 3 is 2.60 bits per heavy atom. The molecule has 0 aliphatic carbocycles. The molecule has 0 saturated carbocycles. The predicted octanol–water partition coefficient (Wildman–Crippen LogP) is 3.39. The van der Waals surface area contributed by atoms with Gasteiger partial charge >= 0.3 is 0 Å². The lowest BCUT2D eigenvalue weighted by Crippen LogP contribution is -2.17. The molecule has 0 fully saturated rings. The van der Waals surface area contributed by atoms with Crippen molar-refractivity contribution in [2.45, 2.75) is 6.10 Å². The number of nitrogens with two attached hydrogens (primary N) is 1. The number of hydrogen-bond donors (Lipinski definition) is 1.